The predicted molar refractivity (Wildman–Crippen MR) is 61.4 cm³/mol. The van der Waals surface area contributed by atoms with Crippen LogP contribution in [0.15, 0.2) is 18.2 Å². The third kappa shape index (κ3) is 3.92. The zero-order chi connectivity index (χ0) is 11.3. The number of anilines is 1. The molecule has 4 heteroatoms. The van der Waals surface area contributed by atoms with Gasteiger partial charge in [-0.2, -0.15) is 0 Å². The predicted octanol–water partition coefficient (Wildman–Crippen LogP) is 1.41. The standard InChI is InChI=1S/C11H11ClN2O/c1-8(15)14-6-2-3-9-7-10(12)4-5-11(9)13/h4-5,7H,6,13H2,1H3,(H,14,15). The fourth-order valence-corrected chi connectivity index (χ4v) is 1.12. The molecule has 0 heterocycles. The van der Waals surface area contributed by atoms with Gasteiger partial charge < -0.3 is 11.1 Å². The molecule has 1 aromatic carbocycles. The molecule has 78 valence electrons. The lowest BCUT2D eigenvalue weighted by molar-refractivity contribution is -0.118. The van der Waals surface area contributed by atoms with E-state index in [9.17, 15) is 4.79 Å². The first-order valence-corrected chi connectivity index (χ1v) is 4.75. The fourth-order valence-electron chi connectivity index (χ4n) is 0.945. The second-order valence-corrected chi connectivity index (χ2v) is 3.38. The van der Waals surface area contributed by atoms with E-state index in [-0.39, 0.29) is 5.91 Å². The number of nitrogens with one attached hydrogen (secondary N) is 1. The van der Waals surface area contributed by atoms with E-state index in [1.165, 1.54) is 6.92 Å². The summed E-state index contributed by atoms with van der Waals surface area (Å²) < 4.78 is 0. The SMILES string of the molecule is CC(=O)NCC#Cc1cc(Cl)ccc1N. The first kappa shape index (κ1) is 11.4. The van der Waals surface area contributed by atoms with E-state index >= 15 is 0 Å². The van der Waals surface area contributed by atoms with Crippen molar-refractivity contribution < 1.29 is 4.79 Å². The number of halogens is 1. The molecule has 0 atom stereocenters. The highest BCUT2D eigenvalue weighted by Crippen LogP contribution is 2.16. The summed E-state index contributed by atoms with van der Waals surface area (Å²) in [5, 5.41) is 3.15. The van der Waals surface area contributed by atoms with Crippen LogP contribution in [0.5, 0.6) is 0 Å². The maximum atomic E-state index is 10.6. The van der Waals surface area contributed by atoms with E-state index in [2.05, 4.69) is 17.2 Å². The quantitative estimate of drug-likeness (QED) is 0.558. The van der Waals surface area contributed by atoms with Crippen LogP contribution in [0, 0.1) is 11.8 Å². The number of amides is 1. The molecule has 0 saturated heterocycles. The number of rotatable bonds is 1. The van der Waals surface area contributed by atoms with Crippen LogP contribution in [0.1, 0.15) is 12.5 Å². The molecular formula is C11H11ClN2O. The molecule has 1 aromatic rings. The van der Waals surface area contributed by atoms with Crippen molar-refractivity contribution in [1.29, 1.82) is 0 Å². The first-order chi connectivity index (χ1) is 7.09. The van der Waals surface area contributed by atoms with Gasteiger partial charge in [0.05, 0.1) is 6.54 Å². The maximum Gasteiger partial charge on any atom is 0.217 e. The van der Waals surface area contributed by atoms with Gasteiger partial charge in [-0.3, -0.25) is 4.79 Å². The summed E-state index contributed by atoms with van der Waals surface area (Å²) in [6.07, 6.45) is 0. The third-order valence-electron chi connectivity index (χ3n) is 1.66. The largest absolute Gasteiger partial charge is 0.398 e. The lowest BCUT2D eigenvalue weighted by Gasteiger charge is -1.98. The zero-order valence-corrected chi connectivity index (χ0v) is 9.06. The Morgan fingerprint density at radius 1 is 1.60 bits per heavy atom. The molecule has 0 aliphatic heterocycles. The Hall–Kier alpha value is -1.66. The molecule has 0 unspecified atom stereocenters. The van der Waals surface area contributed by atoms with E-state index in [1.807, 2.05) is 0 Å². The van der Waals surface area contributed by atoms with Gasteiger partial charge in [0.15, 0.2) is 0 Å². The summed E-state index contributed by atoms with van der Waals surface area (Å²) in [7, 11) is 0. The summed E-state index contributed by atoms with van der Waals surface area (Å²) >= 11 is 5.79. The number of carbonyl (C=O) groups excluding carboxylic acids is 1. The van der Waals surface area contributed by atoms with E-state index in [1.54, 1.807) is 18.2 Å². The molecule has 0 aromatic heterocycles. The van der Waals surface area contributed by atoms with Gasteiger partial charge in [0, 0.05) is 23.2 Å². The summed E-state index contributed by atoms with van der Waals surface area (Å²) in [5.74, 6) is 5.51. The van der Waals surface area contributed by atoms with Crippen LogP contribution in [0.25, 0.3) is 0 Å². The van der Waals surface area contributed by atoms with E-state index in [0.29, 0.717) is 22.8 Å². The Morgan fingerprint density at radius 3 is 3.00 bits per heavy atom. The normalized spacial score (nSPS) is 8.93. The summed E-state index contributed by atoms with van der Waals surface area (Å²) in [6.45, 7) is 1.75. The highest BCUT2D eigenvalue weighted by Gasteiger charge is 1.95. The van der Waals surface area contributed by atoms with E-state index in [0.717, 1.165) is 0 Å². The van der Waals surface area contributed by atoms with Crippen molar-refractivity contribution in [3.05, 3.63) is 28.8 Å². The van der Waals surface area contributed by atoms with Gasteiger partial charge in [0.25, 0.3) is 0 Å². The molecule has 3 N–H and O–H groups in total. The molecule has 1 amide bonds. The molecule has 3 nitrogen and oxygen atoms in total. The molecule has 1 rings (SSSR count). The zero-order valence-electron chi connectivity index (χ0n) is 8.30. The summed E-state index contributed by atoms with van der Waals surface area (Å²) in [5.41, 5.74) is 6.94. The van der Waals surface area contributed by atoms with E-state index in [4.69, 9.17) is 17.3 Å². The van der Waals surface area contributed by atoms with Crippen LogP contribution in [0.2, 0.25) is 5.02 Å². The van der Waals surface area contributed by atoms with Gasteiger partial charge in [-0.1, -0.05) is 23.4 Å². The molecule has 0 aliphatic carbocycles. The van der Waals surface area contributed by atoms with Crippen molar-refractivity contribution in [3.63, 3.8) is 0 Å². The Kier molecular flexibility index (Phi) is 4.02. The number of hydrogen-bond donors (Lipinski definition) is 2. The highest BCUT2D eigenvalue weighted by atomic mass is 35.5. The molecule has 0 bridgehead atoms. The van der Waals surface area contributed by atoms with Gasteiger partial charge in [-0.25, -0.2) is 0 Å². The average molecular weight is 223 g/mol. The lowest BCUT2D eigenvalue weighted by atomic mass is 10.2. The van der Waals surface area contributed by atoms with Gasteiger partial charge >= 0.3 is 0 Å². The highest BCUT2D eigenvalue weighted by molar-refractivity contribution is 6.30. The van der Waals surface area contributed by atoms with Crippen LogP contribution < -0.4 is 11.1 Å². The van der Waals surface area contributed by atoms with Crippen molar-refractivity contribution in [2.75, 3.05) is 12.3 Å². The van der Waals surface area contributed by atoms with Crippen LogP contribution in [-0.2, 0) is 4.79 Å². The van der Waals surface area contributed by atoms with Crippen molar-refractivity contribution in [3.8, 4) is 11.8 Å². The third-order valence-corrected chi connectivity index (χ3v) is 1.90. The summed E-state index contributed by atoms with van der Waals surface area (Å²) in [4.78, 5) is 10.6. The fraction of sp³-hybridized carbons (Fsp3) is 0.182. The maximum absolute atomic E-state index is 10.6. The Bertz CT molecular complexity index is 432. The van der Waals surface area contributed by atoms with Gasteiger partial charge in [-0.15, -0.1) is 0 Å². The van der Waals surface area contributed by atoms with Gasteiger partial charge in [0.1, 0.15) is 0 Å². The van der Waals surface area contributed by atoms with Crippen molar-refractivity contribution in [1.82, 2.24) is 5.32 Å². The molecule has 0 aliphatic rings. The second-order valence-electron chi connectivity index (χ2n) is 2.94. The molecule has 0 saturated carbocycles. The Labute approximate surface area is 93.6 Å². The van der Waals surface area contributed by atoms with Crippen LogP contribution in [0.3, 0.4) is 0 Å². The minimum Gasteiger partial charge on any atom is -0.398 e. The molecule has 0 spiro atoms. The van der Waals surface area contributed by atoms with Crippen LogP contribution in [-0.4, -0.2) is 12.5 Å². The molecular weight excluding hydrogens is 212 g/mol. The monoisotopic (exact) mass is 222 g/mol. The number of nitrogen functional groups attached to an aromatic ring is 1. The smallest absolute Gasteiger partial charge is 0.217 e. The van der Waals surface area contributed by atoms with Crippen molar-refractivity contribution >= 4 is 23.2 Å². The summed E-state index contributed by atoms with van der Waals surface area (Å²) in [6, 6.07) is 5.10. The van der Waals surface area contributed by atoms with Crippen LogP contribution in [0.4, 0.5) is 5.69 Å². The Balaban J connectivity index is 2.71. The molecule has 0 radical (unpaired) electrons. The number of carbonyl (C=O) groups is 1. The van der Waals surface area contributed by atoms with Crippen molar-refractivity contribution in [2.45, 2.75) is 6.92 Å². The van der Waals surface area contributed by atoms with Crippen LogP contribution >= 0.6 is 11.6 Å². The van der Waals surface area contributed by atoms with Crippen molar-refractivity contribution in [2.24, 2.45) is 0 Å². The minimum absolute atomic E-state index is 0.108. The number of hydrogen-bond acceptors (Lipinski definition) is 2. The van der Waals surface area contributed by atoms with E-state index < -0.39 is 0 Å². The first-order valence-electron chi connectivity index (χ1n) is 4.38. The molecule has 15 heavy (non-hydrogen) atoms. The lowest BCUT2D eigenvalue weighted by Crippen LogP contribution is -2.19. The topological polar surface area (TPSA) is 55.1 Å². The molecule has 0 fully saturated rings. The van der Waals surface area contributed by atoms with Gasteiger partial charge in [-0.05, 0) is 18.2 Å². The second kappa shape index (κ2) is 5.28. The number of nitrogens with two attached hydrogens (primary N) is 1. The number of benzene rings is 1. The van der Waals surface area contributed by atoms with Gasteiger partial charge in [0.2, 0.25) is 5.91 Å². The average Bonchev–Trinajstić information content (AvgIpc) is 2.17. The minimum atomic E-state index is -0.108. The Morgan fingerprint density at radius 2 is 2.33 bits per heavy atom.